The molecule has 16 heavy (non-hydrogen) atoms. The molecule has 0 aromatic carbocycles. The third-order valence-electron chi connectivity index (χ3n) is 3.49. The SMILES string of the molecule is CN(Cc1ccoc1)C1(CN)CCCSC1. The second kappa shape index (κ2) is 5.25. The van der Waals surface area contributed by atoms with Crippen molar-refractivity contribution in [2.24, 2.45) is 5.73 Å². The predicted molar refractivity (Wildman–Crippen MR) is 68.5 cm³/mol. The van der Waals surface area contributed by atoms with Crippen LogP contribution in [0, 0.1) is 0 Å². The quantitative estimate of drug-likeness (QED) is 0.873. The lowest BCUT2D eigenvalue weighted by atomic mass is 9.93. The van der Waals surface area contributed by atoms with E-state index in [0.29, 0.717) is 0 Å². The molecule has 2 rings (SSSR count). The van der Waals surface area contributed by atoms with E-state index in [1.165, 1.54) is 24.2 Å². The Balaban J connectivity index is 2.02. The molecule has 1 unspecified atom stereocenters. The fourth-order valence-corrected chi connectivity index (χ4v) is 3.64. The van der Waals surface area contributed by atoms with E-state index < -0.39 is 0 Å². The minimum absolute atomic E-state index is 0.181. The zero-order valence-corrected chi connectivity index (χ0v) is 10.6. The summed E-state index contributed by atoms with van der Waals surface area (Å²) in [6.07, 6.45) is 6.03. The number of furan rings is 1. The van der Waals surface area contributed by atoms with Crippen molar-refractivity contribution < 1.29 is 4.42 Å². The maximum atomic E-state index is 5.99. The Hall–Kier alpha value is -0.450. The lowest BCUT2D eigenvalue weighted by Gasteiger charge is -2.43. The molecule has 0 bridgehead atoms. The molecule has 1 fully saturated rings. The third kappa shape index (κ3) is 2.44. The first-order valence-corrected chi connectivity index (χ1v) is 6.92. The van der Waals surface area contributed by atoms with Gasteiger partial charge >= 0.3 is 0 Å². The number of thioether (sulfide) groups is 1. The van der Waals surface area contributed by atoms with Gasteiger partial charge in [0.25, 0.3) is 0 Å². The van der Waals surface area contributed by atoms with Gasteiger partial charge in [-0.15, -0.1) is 0 Å². The third-order valence-corrected chi connectivity index (χ3v) is 4.81. The highest BCUT2D eigenvalue weighted by Crippen LogP contribution is 2.31. The van der Waals surface area contributed by atoms with Gasteiger partial charge < -0.3 is 10.2 Å². The smallest absolute Gasteiger partial charge is 0.0947 e. The molecule has 1 aromatic heterocycles. The monoisotopic (exact) mass is 240 g/mol. The molecule has 1 saturated heterocycles. The number of nitrogens with two attached hydrogens (primary N) is 1. The first-order valence-electron chi connectivity index (χ1n) is 5.77. The van der Waals surface area contributed by atoms with Crippen LogP contribution in [0.15, 0.2) is 23.0 Å². The summed E-state index contributed by atoms with van der Waals surface area (Å²) in [6, 6.07) is 2.02. The molecule has 3 nitrogen and oxygen atoms in total. The lowest BCUT2D eigenvalue weighted by Crippen LogP contribution is -2.55. The highest BCUT2D eigenvalue weighted by atomic mass is 32.2. The van der Waals surface area contributed by atoms with E-state index in [1.54, 1.807) is 6.26 Å². The molecular formula is C12H20N2OS. The average molecular weight is 240 g/mol. The van der Waals surface area contributed by atoms with E-state index in [4.69, 9.17) is 10.2 Å². The Labute approximate surface area is 101 Å². The molecule has 1 aromatic rings. The van der Waals surface area contributed by atoms with Crippen molar-refractivity contribution in [2.45, 2.75) is 24.9 Å². The van der Waals surface area contributed by atoms with Gasteiger partial charge in [0, 0.05) is 29.9 Å². The molecular weight excluding hydrogens is 220 g/mol. The van der Waals surface area contributed by atoms with Crippen LogP contribution >= 0.6 is 11.8 Å². The van der Waals surface area contributed by atoms with Crippen molar-refractivity contribution in [3.63, 3.8) is 0 Å². The van der Waals surface area contributed by atoms with Gasteiger partial charge in [-0.05, 0) is 31.7 Å². The summed E-state index contributed by atoms with van der Waals surface area (Å²) in [6.45, 7) is 1.67. The molecule has 1 aliphatic heterocycles. The maximum Gasteiger partial charge on any atom is 0.0947 e. The van der Waals surface area contributed by atoms with Gasteiger partial charge in [-0.3, -0.25) is 4.90 Å². The van der Waals surface area contributed by atoms with Crippen LogP contribution in [0.4, 0.5) is 0 Å². The Morgan fingerprint density at radius 2 is 2.50 bits per heavy atom. The predicted octanol–water partition coefficient (Wildman–Crippen LogP) is 1.94. The number of hydrogen-bond acceptors (Lipinski definition) is 4. The maximum absolute atomic E-state index is 5.99. The Kier molecular flexibility index (Phi) is 3.95. The Morgan fingerprint density at radius 1 is 1.62 bits per heavy atom. The summed E-state index contributed by atoms with van der Waals surface area (Å²) in [5, 5.41) is 0. The summed E-state index contributed by atoms with van der Waals surface area (Å²) in [5.74, 6) is 2.43. The second-order valence-electron chi connectivity index (χ2n) is 4.57. The molecule has 2 N–H and O–H groups in total. The Morgan fingerprint density at radius 3 is 3.06 bits per heavy atom. The van der Waals surface area contributed by atoms with Gasteiger partial charge in [0.1, 0.15) is 0 Å². The van der Waals surface area contributed by atoms with Crippen molar-refractivity contribution in [1.29, 1.82) is 0 Å². The molecule has 0 saturated carbocycles. The van der Waals surface area contributed by atoms with Gasteiger partial charge in [-0.2, -0.15) is 11.8 Å². The van der Waals surface area contributed by atoms with Gasteiger partial charge in [-0.25, -0.2) is 0 Å². The number of rotatable bonds is 4. The van der Waals surface area contributed by atoms with E-state index >= 15 is 0 Å². The number of hydrogen-bond donors (Lipinski definition) is 1. The van der Waals surface area contributed by atoms with E-state index in [0.717, 1.165) is 18.8 Å². The molecule has 0 radical (unpaired) electrons. The van der Waals surface area contributed by atoms with Crippen LogP contribution in [-0.2, 0) is 6.54 Å². The van der Waals surface area contributed by atoms with Gasteiger partial charge in [-0.1, -0.05) is 0 Å². The molecule has 0 aliphatic carbocycles. The molecule has 0 amide bonds. The molecule has 1 aliphatic rings. The molecule has 1 atom stereocenters. The van der Waals surface area contributed by atoms with Crippen LogP contribution in [0.25, 0.3) is 0 Å². The molecule has 4 heteroatoms. The largest absolute Gasteiger partial charge is 0.472 e. The highest BCUT2D eigenvalue weighted by Gasteiger charge is 2.35. The zero-order valence-electron chi connectivity index (χ0n) is 9.82. The van der Waals surface area contributed by atoms with Crippen molar-refractivity contribution in [3.05, 3.63) is 24.2 Å². The van der Waals surface area contributed by atoms with Crippen LogP contribution in [0.5, 0.6) is 0 Å². The topological polar surface area (TPSA) is 42.4 Å². The van der Waals surface area contributed by atoms with Crippen LogP contribution < -0.4 is 5.73 Å². The number of nitrogens with zero attached hydrogens (tertiary/aromatic N) is 1. The van der Waals surface area contributed by atoms with Crippen LogP contribution in [0.1, 0.15) is 18.4 Å². The standard InChI is InChI=1S/C12H20N2OS/c1-14(7-11-3-5-15-8-11)12(9-13)4-2-6-16-10-12/h3,5,8H,2,4,6-7,9-10,13H2,1H3. The van der Waals surface area contributed by atoms with E-state index in [9.17, 15) is 0 Å². The first kappa shape index (κ1) is 12.0. The second-order valence-corrected chi connectivity index (χ2v) is 5.68. The van der Waals surface area contributed by atoms with Crippen LogP contribution in [0.3, 0.4) is 0 Å². The van der Waals surface area contributed by atoms with Crippen molar-refractivity contribution >= 4 is 11.8 Å². The minimum Gasteiger partial charge on any atom is -0.472 e. The lowest BCUT2D eigenvalue weighted by molar-refractivity contribution is 0.127. The highest BCUT2D eigenvalue weighted by molar-refractivity contribution is 7.99. The fourth-order valence-electron chi connectivity index (χ4n) is 2.28. The summed E-state index contributed by atoms with van der Waals surface area (Å²) < 4.78 is 5.11. The molecule has 0 spiro atoms. The summed E-state index contributed by atoms with van der Waals surface area (Å²) in [5.41, 5.74) is 7.40. The normalized spacial score (nSPS) is 26.2. The van der Waals surface area contributed by atoms with Crippen LogP contribution in [-0.4, -0.2) is 35.5 Å². The summed E-state index contributed by atoms with van der Waals surface area (Å²) in [4.78, 5) is 2.39. The van der Waals surface area contributed by atoms with E-state index in [2.05, 4.69) is 11.9 Å². The summed E-state index contributed by atoms with van der Waals surface area (Å²) in [7, 11) is 2.17. The first-order chi connectivity index (χ1) is 7.77. The van der Waals surface area contributed by atoms with Crippen molar-refractivity contribution in [2.75, 3.05) is 25.1 Å². The van der Waals surface area contributed by atoms with Crippen LogP contribution in [0.2, 0.25) is 0 Å². The van der Waals surface area contributed by atoms with E-state index in [-0.39, 0.29) is 5.54 Å². The van der Waals surface area contributed by atoms with Gasteiger partial charge in [0.05, 0.1) is 12.5 Å². The van der Waals surface area contributed by atoms with Gasteiger partial charge in [0.15, 0.2) is 0 Å². The van der Waals surface area contributed by atoms with Crippen molar-refractivity contribution in [1.82, 2.24) is 4.90 Å². The average Bonchev–Trinajstić information content (AvgIpc) is 2.82. The molecule has 90 valence electrons. The van der Waals surface area contributed by atoms with Gasteiger partial charge in [0.2, 0.25) is 0 Å². The van der Waals surface area contributed by atoms with Crippen molar-refractivity contribution in [3.8, 4) is 0 Å². The van der Waals surface area contributed by atoms with E-state index in [1.807, 2.05) is 24.1 Å². The fraction of sp³-hybridized carbons (Fsp3) is 0.667. The Bertz CT molecular complexity index is 307. The minimum atomic E-state index is 0.181. The number of likely N-dealkylation sites (N-methyl/N-ethyl adjacent to an activating group) is 1. The molecule has 2 heterocycles. The summed E-state index contributed by atoms with van der Waals surface area (Å²) >= 11 is 2.02. The zero-order chi connectivity index (χ0) is 11.4.